The normalized spacial score (nSPS) is 24.3. The van der Waals surface area contributed by atoms with Gasteiger partial charge in [0.2, 0.25) is 10.0 Å². The van der Waals surface area contributed by atoms with Gasteiger partial charge in [0.1, 0.15) is 10.7 Å². The zero-order valence-corrected chi connectivity index (χ0v) is 11.2. The molecule has 1 fully saturated rings. The lowest BCUT2D eigenvalue weighted by Gasteiger charge is -2.16. The van der Waals surface area contributed by atoms with Crippen LogP contribution in [0.25, 0.3) is 0 Å². The molecule has 0 amide bonds. The highest BCUT2D eigenvalue weighted by atomic mass is 32.2. The van der Waals surface area contributed by atoms with Crippen molar-refractivity contribution in [2.75, 3.05) is 6.54 Å². The largest absolute Gasteiger partial charge is 0.243 e. The Bertz CT molecular complexity index is 515. The summed E-state index contributed by atoms with van der Waals surface area (Å²) >= 11 is 0. The Kier molecular flexibility index (Phi) is 4.02. The van der Waals surface area contributed by atoms with Crippen molar-refractivity contribution in [3.05, 3.63) is 30.1 Å². The molecule has 100 valence electrons. The average molecular weight is 271 g/mol. The molecular weight excluding hydrogens is 253 g/mol. The SMILES string of the molecule is CC1CCCC1CNS(=O)(=O)c1ccccc1F. The third-order valence-electron chi connectivity index (χ3n) is 3.70. The van der Waals surface area contributed by atoms with E-state index in [0.717, 1.165) is 25.3 Å². The van der Waals surface area contributed by atoms with Gasteiger partial charge in [-0.05, 0) is 30.4 Å². The van der Waals surface area contributed by atoms with Crippen molar-refractivity contribution in [1.29, 1.82) is 0 Å². The Balaban J connectivity index is 2.06. The summed E-state index contributed by atoms with van der Waals surface area (Å²) in [6.07, 6.45) is 3.33. The lowest BCUT2D eigenvalue weighted by atomic mass is 9.99. The topological polar surface area (TPSA) is 46.2 Å². The molecule has 0 spiro atoms. The minimum atomic E-state index is -3.73. The number of benzene rings is 1. The van der Waals surface area contributed by atoms with Gasteiger partial charge in [0, 0.05) is 6.54 Å². The van der Waals surface area contributed by atoms with Crippen LogP contribution in [-0.4, -0.2) is 15.0 Å². The van der Waals surface area contributed by atoms with Crippen LogP contribution in [-0.2, 0) is 10.0 Å². The molecular formula is C13H18FNO2S. The van der Waals surface area contributed by atoms with Crippen LogP contribution in [0.2, 0.25) is 0 Å². The molecule has 0 heterocycles. The second-order valence-electron chi connectivity index (χ2n) is 4.95. The van der Waals surface area contributed by atoms with E-state index in [1.54, 1.807) is 0 Å². The van der Waals surface area contributed by atoms with Gasteiger partial charge >= 0.3 is 0 Å². The van der Waals surface area contributed by atoms with Crippen molar-refractivity contribution >= 4 is 10.0 Å². The minimum absolute atomic E-state index is 0.268. The molecule has 0 radical (unpaired) electrons. The van der Waals surface area contributed by atoms with Gasteiger partial charge in [-0.1, -0.05) is 31.9 Å². The van der Waals surface area contributed by atoms with Gasteiger partial charge < -0.3 is 0 Å². The Morgan fingerprint density at radius 1 is 1.33 bits per heavy atom. The van der Waals surface area contributed by atoms with Gasteiger partial charge in [0.15, 0.2) is 0 Å². The number of sulfonamides is 1. The highest BCUT2D eigenvalue weighted by molar-refractivity contribution is 7.89. The number of hydrogen-bond donors (Lipinski definition) is 1. The summed E-state index contributed by atoms with van der Waals surface area (Å²) in [5.41, 5.74) is 0. The fraction of sp³-hybridized carbons (Fsp3) is 0.538. The van der Waals surface area contributed by atoms with E-state index >= 15 is 0 Å². The summed E-state index contributed by atoms with van der Waals surface area (Å²) in [6, 6.07) is 5.45. The molecule has 0 aliphatic heterocycles. The zero-order chi connectivity index (χ0) is 13.2. The summed E-state index contributed by atoms with van der Waals surface area (Å²) in [4.78, 5) is -0.268. The highest BCUT2D eigenvalue weighted by Crippen LogP contribution is 2.30. The molecule has 1 aromatic carbocycles. The molecule has 0 bridgehead atoms. The molecule has 3 nitrogen and oxygen atoms in total. The third kappa shape index (κ3) is 2.90. The van der Waals surface area contributed by atoms with Crippen molar-refractivity contribution in [2.24, 2.45) is 11.8 Å². The first-order chi connectivity index (χ1) is 8.50. The van der Waals surface area contributed by atoms with E-state index in [1.165, 1.54) is 18.2 Å². The van der Waals surface area contributed by atoms with E-state index in [0.29, 0.717) is 18.4 Å². The molecule has 1 N–H and O–H groups in total. The van der Waals surface area contributed by atoms with Crippen molar-refractivity contribution in [3.8, 4) is 0 Å². The van der Waals surface area contributed by atoms with E-state index < -0.39 is 15.8 Å². The number of nitrogens with one attached hydrogen (secondary N) is 1. The molecule has 2 unspecified atom stereocenters. The Labute approximate surface area is 107 Å². The van der Waals surface area contributed by atoms with E-state index in [9.17, 15) is 12.8 Å². The van der Waals surface area contributed by atoms with Gasteiger partial charge in [0.05, 0.1) is 0 Å². The minimum Gasteiger partial charge on any atom is -0.211 e. The van der Waals surface area contributed by atoms with Crippen LogP contribution in [0.15, 0.2) is 29.2 Å². The van der Waals surface area contributed by atoms with E-state index in [1.807, 2.05) is 0 Å². The standard InChI is InChI=1S/C13H18FNO2S/c1-10-5-4-6-11(10)9-15-18(16,17)13-8-3-2-7-12(13)14/h2-3,7-8,10-11,15H,4-6,9H2,1H3. The smallest absolute Gasteiger partial charge is 0.211 e. The van der Waals surface area contributed by atoms with Crippen molar-refractivity contribution in [2.45, 2.75) is 31.1 Å². The monoisotopic (exact) mass is 271 g/mol. The quantitative estimate of drug-likeness (QED) is 0.914. The van der Waals surface area contributed by atoms with Crippen LogP contribution in [0.5, 0.6) is 0 Å². The Hall–Kier alpha value is -0.940. The van der Waals surface area contributed by atoms with Crippen molar-refractivity contribution in [1.82, 2.24) is 4.72 Å². The number of hydrogen-bond acceptors (Lipinski definition) is 2. The first-order valence-corrected chi connectivity index (χ1v) is 7.73. The highest BCUT2D eigenvalue weighted by Gasteiger charge is 2.26. The summed E-state index contributed by atoms with van der Waals surface area (Å²) in [7, 11) is -3.73. The first-order valence-electron chi connectivity index (χ1n) is 6.25. The Morgan fingerprint density at radius 3 is 2.67 bits per heavy atom. The molecule has 5 heteroatoms. The first kappa shape index (κ1) is 13.5. The van der Waals surface area contributed by atoms with Gasteiger partial charge in [0.25, 0.3) is 0 Å². The lowest BCUT2D eigenvalue weighted by Crippen LogP contribution is -2.30. The maximum absolute atomic E-state index is 13.4. The van der Waals surface area contributed by atoms with E-state index in [4.69, 9.17) is 0 Å². The predicted molar refractivity (Wildman–Crippen MR) is 68.1 cm³/mol. The van der Waals surface area contributed by atoms with Crippen LogP contribution in [0.4, 0.5) is 4.39 Å². The summed E-state index contributed by atoms with van der Waals surface area (Å²) in [5, 5.41) is 0. The van der Waals surface area contributed by atoms with Crippen molar-refractivity contribution in [3.63, 3.8) is 0 Å². The van der Waals surface area contributed by atoms with E-state index in [-0.39, 0.29) is 4.90 Å². The van der Waals surface area contributed by atoms with Crippen molar-refractivity contribution < 1.29 is 12.8 Å². The Morgan fingerprint density at radius 2 is 2.06 bits per heavy atom. The second kappa shape index (κ2) is 5.36. The third-order valence-corrected chi connectivity index (χ3v) is 5.16. The second-order valence-corrected chi connectivity index (χ2v) is 6.69. The van der Waals surface area contributed by atoms with E-state index in [2.05, 4.69) is 11.6 Å². The zero-order valence-electron chi connectivity index (χ0n) is 10.4. The van der Waals surface area contributed by atoms with Crippen LogP contribution >= 0.6 is 0 Å². The van der Waals surface area contributed by atoms with Gasteiger partial charge in [-0.25, -0.2) is 17.5 Å². The average Bonchev–Trinajstić information content (AvgIpc) is 2.73. The predicted octanol–water partition coefficient (Wildman–Crippen LogP) is 2.54. The molecule has 0 saturated heterocycles. The van der Waals surface area contributed by atoms with Gasteiger partial charge in [-0.15, -0.1) is 0 Å². The van der Waals surface area contributed by atoms with Crippen LogP contribution in [0, 0.1) is 17.7 Å². The maximum atomic E-state index is 13.4. The van der Waals surface area contributed by atoms with Crippen LogP contribution < -0.4 is 4.72 Å². The number of halogens is 1. The lowest BCUT2D eigenvalue weighted by molar-refractivity contribution is 0.414. The summed E-state index contributed by atoms with van der Waals surface area (Å²) in [6.45, 7) is 2.53. The summed E-state index contributed by atoms with van der Waals surface area (Å²) in [5.74, 6) is 0.198. The van der Waals surface area contributed by atoms with Crippen LogP contribution in [0.1, 0.15) is 26.2 Å². The molecule has 1 aromatic rings. The van der Waals surface area contributed by atoms with Gasteiger partial charge in [-0.3, -0.25) is 0 Å². The molecule has 0 aromatic heterocycles. The molecule has 1 aliphatic rings. The maximum Gasteiger partial charge on any atom is 0.243 e. The number of rotatable bonds is 4. The molecule has 1 saturated carbocycles. The molecule has 2 atom stereocenters. The van der Waals surface area contributed by atoms with Gasteiger partial charge in [-0.2, -0.15) is 0 Å². The molecule has 2 rings (SSSR count). The fourth-order valence-electron chi connectivity index (χ4n) is 2.48. The molecule has 18 heavy (non-hydrogen) atoms. The summed E-state index contributed by atoms with van der Waals surface area (Å²) < 4.78 is 39.9. The molecule has 1 aliphatic carbocycles. The fourth-order valence-corrected chi connectivity index (χ4v) is 3.65. The van der Waals surface area contributed by atoms with Crippen LogP contribution in [0.3, 0.4) is 0 Å².